The third kappa shape index (κ3) is 3.61. The number of aromatic nitrogens is 3. The summed E-state index contributed by atoms with van der Waals surface area (Å²) in [5.74, 6) is 2.67. The van der Waals surface area contributed by atoms with Gasteiger partial charge in [-0.05, 0) is 30.9 Å². The van der Waals surface area contributed by atoms with Crippen LogP contribution in [0.2, 0.25) is 0 Å². The Kier molecular flexibility index (Phi) is 4.83. The van der Waals surface area contributed by atoms with E-state index in [4.69, 9.17) is 4.98 Å². The number of nitrogens with zero attached hydrogens (tertiary/aromatic N) is 6. The van der Waals surface area contributed by atoms with Gasteiger partial charge in [-0.2, -0.15) is 5.10 Å². The fraction of sp³-hybridized carbons (Fsp3) is 0.444. The van der Waals surface area contributed by atoms with E-state index in [9.17, 15) is 0 Å². The van der Waals surface area contributed by atoms with E-state index in [0.29, 0.717) is 5.92 Å². The first-order valence-corrected chi connectivity index (χ1v) is 9.71. The van der Waals surface area contributed by atoms with Crippen molar-refractivity contribution in [2.24, 2.45) is 16.1 Å². The van der Waals surface area contributed by atoms with Crippen molar-refractivity contribution in [2.45, 2.75) is 30.7 Å². The Labute approximate surface area is 151 Å². The van der Waals surface area contributed by atoms with Crippen molar-refractivity contribution in [3.05, 3.63) is 41.8 Å². The maximum atomic E-state index is 4.78. The van der Waals surface area contributed by atoms with Crippen LogP contribution in [0, 0.1) is 5.92 Å². The van der Waals surface area contributed by atoms with Crippen LogP contribution in [0.5, 0.6) is 0 Å². The Morgan fingerprint density at radius 1 is 1.28 bits per heavy atom. The molecule has 0 N–H and O–H groups in total. The number of hydrogen-bond acceptors (Lipinski definition) is 6. The minimum Gasteiger partial charge on any atom is -0.341 e. The van der Waals surface area contributed by atoms with Gasteiger partial charge in [0.25, 0.3) is 0 Å². The van der Waals surface area contributed by atoms with Crippen molar-refractivity contribution in [1.29, 1.82) is 0 Å². The van der Waals surface area contributed by atoms with Gasteiger partial charge in [0.15, 0.2) is 5.49 Å². The molecule has 0 saturated carbocycles. The summed E-state index contributed by atoms with van der Waals surface area (Å²) >= 11 is 1.86. The molecule has 0 radical (unpaired) electrons. The molecule has 2 aromatic heterocycles. The smallest absolute Gasteiger partial charge is 0.225 e. The molecule has 0 atom stereocenters. The van der Waals surface area contributed by atoms with Crippen molar-refractivity contribution in [2.75, 3.05) is 23.7 Å². The third-order valence-corrected chi connectivity index (χ3v) is 5.92. The lowest BCUT2D eigenvalue weighted by Crippen LogP contribution is -2.37. The topological polar surface area (TPSA) is 58.7 Å². The molecule has 0 spiro atoms. The first-order chi connectivity index (χ1) is 12.3. The van der Waals surface area contributed by atoms with Gasteiger partial charge in [0.05, 0.1) is 5.69 Å². The van der Waals surface area contributed by atoms with Crippen molar-refractivity contribution in [1.82, 2.24) is 14.5 Å². The first kappa shape index (κ1) is 16.3. The molecule has 2 aliphatic heterocycles. The number of fused-ring (bicyclic) bond motifs is 1. The zero-order valence-corrected chi connectivity index (χ0v) is 15.0. The minimum absolute atomic E-state index is 0.632. The molecular weight excluding hydrogens is 332 g/mol. The van der Waals surface area contributed by atoms with Crippen LogP contribution < -0.4 is 10.4 Å². The Morgan fingerprint density at radius 2 is 2.16 bits per heavy atom. The molecule has 7 heteroatoms. The Bertz CT molecular complexity index is 822. The van der Waals surface area contributed by atoms with Gasteiger partial charge < -0.3 is 9.47 Å². The highest BCUT2D eigenvalue weighted by atomic mass is 32.2. The molecule has 1 fully saturated rings. The number of piperidine rings is 1. The Hall–Kier alpha value is -2.15. The molecule has 0 bridgehead atoms. The summed E-state index contributed by atoms with van der Waals surface area (Å²) in [7, 11) is 0. The van der Waals surface area contributed by atoms with Crippen molar-refractivity contribution < 1.29 is 0 Å². The Balaban J connectivity index is 1.40. The van der Waals surface area contributed by atoms with E-state index in [2.05, 4.69) is 37.6 Å². The molecule has 130 valence electrons. The predicted molar refractivity (Wildman–Crippen MR) is 101 cm³/mol. The van der Waals surface area contributed by atoms with E-state index in [0.717, 1.165) is 56.1 Å². The van der Waals surface area contributed by atoms with Crippen LogP contribution in [0.3, 0.4) is 0 Å². The second-order valence-electron chi connectivity index (χ2n) is 6.46. The van der Waals surface area contributed by atoms with Crippen LogP contribution >= 0.6 is 11.8 Å². The lowest BCUT2D eigenvalue weighted by Gasteiger charge is -2.32. The molecule has 25 heavy (non-hydrogen) atoms. The first-order valence-electron chi connectivity index (χ1n) is 8.72. The summed E-state index contributed by atoms with van der Waals surface area (Å²) in [6, 6.07) is 5.99. The SMILES string of the molecule is C=N/N=c1/ccccn1CC1CCN(c2ncc3c(n2)CCS3)CC1. The summed E-state index contributed by atoms with van der Waals surface area (Å²) in [4.78, 5) is 12.9. The minimum atomic E-state index is 0.632. The summed E-state index contributed by atoms with van der Waals surface area (Å²) in [5.41, 5.74) is 2.08. The van der Waals surface area contributed by atoms with Crippen LogP contribution in [-0.2, 0) is 13.0 Å². The van der Waals surface area contributed by atoms with Gasteiger partial charge in [0.2, 0.25) is 5.95 Å². The number of rotatable bonds is 4. The van der Waals surface area contributed by atoms with Gasteiger partial charge in [-0.25, -0.2) is 9.97 Å². The summed E-state index contributed by atoms with van der Waals surface area (Å²) in [6.07, 6.45) is 7.41. The third-order valence-electron chi connectivity index (χ3n) is 4.86. The zero-order valence-electron chi connectivity index (χ0n) is 14.2. The summed E-state index contributed by atoms with van der Waals surface area (Å²) in [6.45, 7) is 6.44. The molecule has 2 aromatic rings. The van der Waals surface area contributed by atoms with Crippen LogP contribution in [0.1, 0.15) is 18.5 Å². The molecular formula is C18H22N6S. The molecule has 4 heterocycles. The molecule has 0 unspecified atom stereocenters. The monoisotopic (exact) mass is 354 g/mol. The van der Waals surface area contributed by atoms with Gasteiger partial charge in [0.1, 0.15) is 0 Å². The van der Waals surface area contributed by atoms with Crippen LogP contribution in [0.15, 0.2) is 45.7 Å². The molecule has 0 aliphatic carbocycles. The number of aryl methyl sites for hydroxylation is 1. The van der Waals surface area contributed by atoms with Gasteiger partial charge in [-0.15, -0.1) is 16.9 Å². The second-order valence-corrected chi connectivity index (χ2v) is 7.60. The van der Waals surface area contributed by atoms with E-state index < -0.39 is 0 Å². The maximum Gasteiger partial charge on any atom is 0.225 e. The highest BCUT2D eigenvalue weighted by molar-refractivity contribution is 7.99. The number of pyridine rings is 1. The molecule has 6 nitrogen and oxygen atoms in total. The predicted octanol–water partition coefficient (Wildman–Crippen LogP) is 2.36. The summed E-state index contributed by atoms with van der Waals surface area (Å²) < 4.78 is 2.16. The van der Waals surface area contributed by atoms with Crippen molar-refractivity contribution >= 4 is 24.4 Å². The van der Waals surface area contributed by atoms with Gasteiger partial charge in [0, 0.05) is 55.8 Å². The lowest BCUT2D eigenvalue weighted by molar-refractivity contribution is 0.349. The van der Waals surface area contributed by atoms with E-state index in [1.807, 2.05) is 36.2 Å². The van der Waals surface area contributed by atoms with E-state index in [1.165, 1.54) is 10.6 Å². The zero-order chi connectivity index (χ0) is 17.1. The summed E-state index contributed by atoms with van der Waals surface area (Å²) in [5, 5.41) is 7.78. The standard InChI is InChI=1S/C18H22N6S/c1-19-22-17-4-2-3-8-24(17)13-14-5-9-23(10-6-14)18-20-12-16-15(21-18)7-11-25-16/h2-4,8,12,14H,1,5-7,9-11,13H2/b22-17-. The van der Waals surface area contributed by atoms with Crippen LogP contribution in [0.25, 0.3) is 0 Å². The molecule has 2 aliphatic rings. The Morgan fingerprint density at radius 3 is 3.00 bits per heavy atom. The second kappa shape index (κ2) is 7.39. The largest absolute Gasteiger partial charge is 0.341 e. The average Bonchev–Trinajstić information content (AvgIpc) is 3.12. The van der Waals surface area contributed by atoms with Gasteiger partial charge in [-0.1, -0.05) is 6.07 Å². The van der Waals surface area contributed by atoms with E-state index in [1.54, 1.807) is 0 Å². The fourth-order valence-corrected chi connectivity index (χ4v) is 4.44. The van der Waals surface area contributed by atoms with Crippen molar-refractivity contribution in [3.63, 3.8) is 0 Å². The quantitative estimate of drug-likeness (QED) is 0.625. The number of anilines is 1. The maximum absolute atomic E-state index is 4.78. The number of thioether (sulfide) groups is 1. The fourth-order valence-electron chi connectivity index (χ4n) is 3.48. The molecule has 1 saturated heterocycles. The van der Waals surface area contributed by atoms with Crippen LogP contribution in [-0.4, -0.2) is 40.1 Å². The van der Waals surface area contributed by atoms with E-state index >= 15 is 0 Å². The average molecular weight is 354 g/mol. The molecule has 4 rings (SSSR count). The normalized spacial score (nSPS) is 18.4. The van der Waals surface area contributed by atoms with Gasteiger partial charge >= 0.3 is 0 Å². The van der Waals surface area contributed by atoms with Gasteiger partial charge in [-0.3, -0.25) is 0 Å². The lowest BCUT2D eigenvalue weighted by atomic mass is 9.97. The molecule has 0 aromatic carbocycles. The molecule has 0 amide bonds. The van der Waals surface area contributed by atoms with Crippen molar-refractivity contribution in [3.8, 4) is 0 Å². The van der Waals surface area contributed by atoms with Crippen LogP contribution in [0.4, 0.5) is 5.95 Å². The van der Waals surface area contributed by atoms with E-state index in [-0.39, 0.29) is 0 Å². The highest BCUT2D eigenvalue weighted by Crippen LogP contribution is 2.31. The number of hydrogen-bond donors (Lipinski definition) is 0. The highest BCUT2D eigenvalue weighted by Gasteiger charge is 2.23.